The van der Waals surface area contributed by atoms with Gasteiger partial charge in [-0.3, -0.25) is 4.52 Å². The van der Waals surface area contributed by atoms with Gasteiger partial charge in [0.25, 0.3) is 0 Å². The van der Waals surface area contributed by atoms with Crippen LogP contribution < -0.4 is 0 Å². The number of esters is 1. The Kier molecular flexibility index (Phi) is 17.3. The Morgan fingerprint density at radius 1 is 0.938 bits per heavy atom. The molecule has 0 amide bonds. The van der Waals surface area contributed by atoms with Crippen LogP contribution in [-0.2, 0) is 18.6 Å². The van der Waals surface area contributed by atoms with Crippen LogP contribution in [0.25, 0.3) is 0 Å². The molecule has 190 valence electrons. The summed E-state index contributed by atoms with van der Waals surface area (Å²) in [7, 11) is -4.43. The normalized spacial score (nSPS) is 14.2. The largest absolute Gasteiger partial charge is 0.469 e. The van der Waals surface area contributed by atoms with Gasteiger partial charge in [-0.1, -0.05) is 46.6 Å². The van der Waals surface area contributed by atoms with Gasteiger partial charge in [-0.2, -0.15) is 0 Å². The summed E-state index contributed by atoms with van der Waals surface area (Å²) in [5, 5.41) is 0. The molecule has 0 aliphatic rings. The number of ether oxygens (including phenoxy) is 1. The Labute approximate surface area is 196 Å². The number of hydrogen-bond donors (Lipinski definition) is 2. The number of nitrogens with zero attached hydrogens (tertiary/aromatic N) is 1. The molecule has 2 unspecified atom stereocenters. The van der Waals surface area contributed by atoms with E-state index in [0.29, 0.717) is 12.5 Å². The number of unbranched alkanes of at least 4 members (excludes halogenated alkanes) is 3. The summed E-state index contributed by atoms with van der Waals surface area (Å²) in [6, 6.07) is 0.405. The van der Waals surface area contributed by atoms with E-state index in [4.69, 9.17) is 19.0 Å². The zero-order valence-electron chi connectivity index (χ0n) is 21.0. The second-order valence-electron chi connectivity index (χ2n) is 8.95. The lowest BCUT2D eigenvalue weighted by Gasteiger charge is -2.46. The van der Waals surface area contributed by atoms with E-state index >= 15 is 0 Å². The molecule has 0 spiro atoms. The minimum atomic E-state index is -4.43. The smallest absolute Gasteiger partial charge is 0.460 e. The highest BCUT2D eigenvalue weighted by atomic mass is 31.2. The number of phosphoric ester groups is 1. The monoisotopic (exact) mass is 478 g/mol. The topological polar surface area (TPSA) is 93.1 Å². The fourth-order valence-corrected chi connectivity index (χ4v) is 4.81. The molecule has 32 heavy (non-hydrogen) atoms. The van der Waals surface area contributed by atoms with Crippen LogP contribution in [0, 0.1) is 0 Å². The Bertz CT molecular complexity index is 529. The average molecular weight is 479 g/mol. The number of carbonyl (C=O) groups is 1. The van der Waals surface area contributed by atoms with Crippen molar-refractivity contribution in [2.75, 3.05) is 26.2 Å². The first kappa shape index (κ1) is 31.3. The summed E-state index contributed by atoms with van der Waals surface area (Å²) < 4.78 is 22.2. The van der Waals surface area contributed by atoms with Crippen molar-refractivity contribution in [3.05, 3.63) is 12.7 Å². The molecule has 0 saturated heterocycles. The van der Waals surface area contributed by atoms with Crippen LogP contribution in [0.3, 0.4) is 0 Å². The van der Waals surface area contributed by atoms with E-state index in [0.717, 1.165) is 69.1 Å². The number of hydrogen-bond acceptors (Lipinski definition) is 4. The maximum Gasteiger partial charge on any atom is 0.469 e. The Balaban J connectivity index is 5.40. The van der Waals surface area contributed by atoms with Gasteiger partial charge in [-0.05, 0) is 51.9 Å². The first-order valence-corrected chi connectivity index (χ1v) is 14.1. The van der Waals surface area contributed by atoms with Crippen molar-refractivity contribution in [2.24, 2.45) is 0 Å². The third-order valence-electron chi connectivity index (χ3n) is 6.22. The Morgan fingerprint density at radius 2 is 1.44 bits per heavy atom. The van der Waals surface area contributed by atoms with E-state index in [2.05, 4.69) is 27.4 Å². The maximum absolute atomic E-state index is 11.5. The van der Waals surface area contributed by atoms with E-state index in [1.54, 1.807) is 0 Å². The highest BCUT2D eigenvalue weighted by Crippen LogP contribution is 2.36. The van der Waals surface area contributed by atoms with Crippen LogP contribution in [0.5, 0.6) is 0 Å². The van der Waals surface area contributed by atoms with Crippen LogP contribution in [0.4, 0.5) is 0 Å². The van der Waals surface area contributed by atoms with Gasteiger partial charge in [0, 0.05) is 12.5 Å². The first-order valence-electron chi connectivity index (χ1n) is 12.5. The maximum atomic E-state index is 11.5. The Hall–Kier alpha value is -0.720. The van der Waals surface area contributed by atoms with E-state index in [9.17, 15) is 9.36 Å². The number of quaternary nitrogens is 1. The number of rotatable bonds is 21. The molecule has 0 bridgehead atoms. The molecule has 0 rings (SSSR count). The predicted molar refractivity (Wildman–Crippen MR) is 130 cm³/mol. The summed E-state index contributed by atoms with van der Waals surface area (Å²) in [6.45, 7) is 15.6. The van der Waals surface area contributed by atoms with Gasteiger partial charge < -0.3 is 19.0 Å². The summed E-state index contributed by atoms with van der Waals surface area (Å²) in [5.74, 6) is -0.386. The fourth-order valence-electron chi connectivity index (χ4n) is 4.44. The van der Waals surface area contributed by atoms with E-state index < -0.39 is 7.82 Å². The minimum Gasteiger partial charge on any atom is -0.460 e. The minimum absolute atomic E-state index is 0.0729. The molecule has 0 aliphatic heterocycles. The van der Waals surface area contributed by atoms with Crippen molar-refractivity contribution in [3.63, 3.8) is 0 Å². The second kappa shape index (κ2) is 17.7. The van der Waals surface area contributed by atoms with Crippen molar-refractivity contribution < 1.29 is 32.9 Å². The van der Waals surface area contributed by atoms with Crippen molar-refractivity contribution in [1.82, 2.24) is 0 Å². The van der Waals surface area contributed by atoms with Gasteiger partial charge in [0.2, 0.25) is 0 Å². The van der Waals surface area contributed by atoms with Gasteiger partial charge >= 0.3 is 13.8 Å². The number of phosphoric acid groups is 1. The molecule has 2 N–H and O–H groups in total. The lowest BCUT2D eigenvalue weighted by atomic mass is 9.96. The van der Waals surface area contributed by atoms with Crippen LogP contribution in [0.1, 0.15) is 98.3 Å². The molecule has 0 aliphatic carbocycles. The fraction of sp³-hybridized carbons (Fsp3) is 0.875. The Morgan fingerprint density at radius 3 is 1.88 bits per heavy atom. The molecular formula is C24H49NO6P+. The van der Waals surface area contributed by atoms with Gasteiger partial charge in [0.15, 0.2) is 0 Å². The van der Waals surface area contributed by atoms with Crippen LogP contribution in [0.2, 0.25) is 0 Å². The van der Waals surface area contributed by atoms with Crippen molar-refractivity contribution in [3.8, 4) is 0 Å². The zero-order valence-corrected chi connectivity index (χ0v) is 21.9. The van der Waals surface area contributed by atoms with Crippen LogP contribution in [0.15, 0.2) is 12.7 Å². The van der Waals surface area contributed by atoms with Crippen molar-refractivity contribution >= 4 is 13.8 Å². The molecule has 0 heterocycles. The van der Waals surface area contributed by atoms with E-state index in [1.165, 1.54) is 25.3 Å². The van der Waals surface area contributed by atoms with Crippen LogP contribution in [-0.4, -0.2) is 58.6 Å². The molecule has 2 atom stereocenters. The third-order valence-corrected chi connectivity index (χ3v) is 6.74. The lowest BCUT2D eigenvalue weighted by molar-refractivity contribution is -0.952. The zero-order chi connectivity index (χ0) is 24.5. The quantitative estimate of drug-likeness (QED) is 0.0717. The standard InChI is InChI=1S/C24H48NO6P/c1-6-10-18-25(19-11-7-2,20-12-8-3)23(17-14-21-30-32(27,28)29)16-13-15-22(5)31-24(26)9-4/h9,22-23H,4,6-8,10-21H2,1-3,5H3,(H-,27,28,29)/p+1. The molecular weight excluding hydrogens is 429 g/mol. The SMILES string of the molecule is C=CC(=O)OC(C)CCCC(CCCOP(=O)(O)O)[N+](CCCC)(CCCC)CCCC. The predicted octanol–water partition coefficient (Wildman–Crippen LogP) is 5.75. The molecule has 0 radical (unpaired) electrons. The van der Waals surface area contributed by atoms with Crippen molar-refractivity contribution in [1.29, 1.82) is 0 Å². The summed E-state index contributed by atoms with van der Waals surface area (Å²) >= 11 is 0. The summed E-state index contributed by atoms with van der Waals surface area (Å²) in [5.41, 5.74) is 0. The van der Waals surface area contributed by atoms with Gasteiger partial charge in [0.1, 0.15) is 0 Å². The van der Waals surface area contributed by atoms with Gasteiger partial charge in [0.05, 0.1) is 38.4 Å². The highest BCUT2D eigenvalue weighted by molar-refractivity contribution is 7.46. The molecule has 7 nitrogen and oxygen atoms in total. The lowest BCUT2D eigenvalue weighted by Crippen LogP contribution is -2.57. The first-order chi connectivity index (χ1) is 15.1. The third kappa shape index (κ3) is 14.4. The average Bonchev–Trinajstić information content (AvgIpc) is 2.74. The van der Waals surface area contributed by atoms with Crippen molar-refractivity contribution in [2.45, 2.75) is 110 Å². The summed E-state index contributed by atoms with van der Waals surface area (Å²) in [6.07, 6.45) is 12.3. The van der Waals surface area contributed by atoms with Crippen LogP contribution >= 0.6 is 7.82 Å². The molecule has 0 aromatic heterocycles. The molecule has 0 aromatic rings. The van der Waals surface area contributed by atoms with Gasteiger partial charge in [-0.15, -0.1) is 0 Å². The van der Waals surface area contributed by atoms with E-state index in [1.807, 2.05) is 6.92 Å². The number of carbonyl (C=O) groups excluding carboxylic acids is 1. The highest BCUT2D eigenvalue weighted by Gasteiger charge is 2.35. The van der Waals surface area contributed by atoms with E-state index in [-0.39, 0.29) is 18.7 Å². The second-order valence-corrected chi connectivity index (χ2v) is 10.2. The summed E-state index contributed by atoms with van der Waals surface area (Å²) in [4.78, 5) is 29.5. The molecule has 0 fully saturated rings. The molecule has 0 aromatic carbocycles. The molecule has 8 heteroatoms. The van der Waals surface area contributed by atoms with Gasteiger partial charge in [-0.25, -0.2) is 9.36 Å². The molecule has 0 saturated carbocycles.